The minimum Gasteiger partial charge on any atom is -0.490 e. The van der Waals surface area contributed by atoms with Crippen LogP contribution >= 0.6 is 0 Å². The maximum atomic E-state index is 12.1. The maximum absolute atomic E-state index is 12.1. The van der Waals surface area contributed by atoms with Crippen molar-refractivity contribution < 1.29 is 14.3 Å². The molecule has 7 heteroatoms. The van der Waals surface area contributed by atoms with E-state index >= 15 is 0 Å². The Labute approximate surface area is 185 Å². The molecular weight excluding hydrogens is 392 g/mol. The number of ether oxygens (including phenoxy) is 2. The maximum Gasteiger partial charge on any atom is 0.239 e. The van der Waals surface area contributed by atoms with Gasteiger partial charge in [0.2, 0.25) is 5.91 Å². The summed E-state index contributed by atoms with van der Waals surface area (Å²) in [5, 5.41) is 9.19. The second-order valence-electron chi connectivity index (χ2n) is 6.84. The minimum absolute atomic E-state index is 0.0632. The van der Waals surface area contributed by atoms with E-state index in [-0.39, 0.29) is 12.5 Å². The number of hydrogen-bond acceptors (Lipinski definition) is 4. The molecule has 0 heterocycles. The van der Waals surface area contributed by atoms with Crippen LogP contribution in [0.2, 0.25) is 0 Å². The zero-order valence-electron chi connectivity index (χ0n) is 18.7. The summed E-state index contributed by atoms with van der Waals surface area (Å²) in [5.74, 6) is 2.05. The van der Waals surface area contributed by atoms with Crippen LogP contribution in [0.4, 0.5) is 0 Å². The van der Waals surface area contributed by atoms with E-state index in [0.29, 0.717) is 32.3 Å². The number of aliphatic imine (C=N–C) groups is 1. The predicted molar refractivity (Wildman–Crippen MR) is 125 cm³/mol. The molecule has 0 saturated heterocycles. The molecule has 2 aromatic rings. The van der Waals surface area contributed by atoms with Crippen molar-refractivity contribution in [3.05, 3.63) is 59.7 Å². The summed E-state index contributed by atoms with van der Waals surface area (Å²) in [6.45, 7) is 6.55. The Hall–Kier alpha value is -3.22. The van der Waals surface area contributed by atoms with Crippen molar-refractivity contribution in [2.45, 2.75) is 26.7 Å². The van der Waals surface area contributed by atoms with Crippen molar-refractivity contribution >= 4 is 11.9 Å². The molecule has 0 bridgehead atoms. The summed E-state index contributed by atoms with van der Waals surface area (Å²) >= 11 is 0. The number of amides is 1. The highest BCUT2D eigenvalue weighted by molar-refractivity contribution is 5.86. The number of nitrogens with zero attached hydrogens (tertiary/aromatic N) is 1. The van der Waals surface area contributed by atoms with Gasteiger partial charge in [0.1, 0.15) is 0 Å². The highest BCUT2D eigenvalue weighted by Crippen LogP contribution is 2.28. The first-order chi connectivity index (χ1) is 15.2. The van der Waals surface area contributed by atoms with Gasteiger partial charge in [0.25, 0.3) is 0 Å². The van der Waals surface area contributed by atoms with Gasteiger partial charge >= 0.3 is 0 Å². The van der Waals surface area contributed by atoms with Crippen LogP contribution in [0.15, 0.2) is 53.5 Å². The van der Waals surface area contributed by atoms with E-state index in [0.717, 1.165) is 29.9 Å². The van der Waals surface area contributed by atoms with Gasteiger partial charge in [-0.3, -0.25) is 9.79 Å². The highest BCUT2D eigenvalue weighted by Gasteiger charge is 2.07. The monoisotopic (exact) mass is 426 g/mol. The molecule has 0 radical (unpaired) electrons. The van der Waals surface area contributed by atoms with E-state index < -0.39 is 0 Å². The third-order valence-corrected chi connectivity index (χ3v) is 4.53. The summed E-state index contributed by atoms with van der Waals surface area (Å²) in [6.07, 6.45) is 1.60. The SMILES string of the molecule is CCOc1ccc(CCNC(=NC)NCC(=O)NCCc2ccccc2)cc1OCC. The van der Waals surface area contributed by atoms with Crippen LogP contribution in [-0.4, -0.2) is 51.8 Å². The van der Waals surface area contributed by atoms with E-state index in [1.165, 1.54) is 5.56 Å². The van der Waals surface area contributed by atoms with Crippen molar-refractivity contribution in [2.24, 2.45) is 4.99 Å². The molecule has 2 aromatic carbocycles. The fraction of sp³-hybridized carbons (Fsp3) is 0.417. The van der Waals surface area contributed by atoms with Crippen LogP contribution in [0, 0.1) is 0 Å². The minimum atomic E-state index is -0.0632. The third kappa shape index (κ3) is 8.99. The average molecular weight is 427 g/mol. The molecule has 0 aliphatic heterocycles. The number of hydrogen-bond donors (Lipinski definition) is 3. The Balaban J connectivity index is 1.70. The first-order valence-corrected chi connectivity index (χ1v) is 10.8. The smallest absolute Gasteiger partial charge is 0.239 e. The highest BCUT2D eigenvalue weighted by atomic mass is 16.5. The second-order valence-corrected chi connectivity index (χ2v) is 6.84. The molecule has 31 heavy (non-hydrogen) atoms. The molecule has 0 atom stereocenters. The standard InChI is InChI=1S/C24H34N4O3/c1-4-30-21-12-11-20(17-22(21)31-5-2)14-16-27-24(25-3)28-18-23(29)26-15-13-19-9-7-6-8-10-19/h6-12,17H,4-5,13-16,18H2,1-3H3,(H,26,29)(H2,25,27,28). The largest absolute Gasteiger partial charge is 0.490 e. The lowest BCUT2D eigenvalue weighted by molar-refractivity contribution is -0.119. The zero-order chi connectivity index (χ0) is 22.3. The number of guanidine groups is 1. The lowest BCUT2D eigenvalue weighted by Crippen LogP contribution is -2.44. The van der Waals surface area contributed by atoms with Crippen LogP contribution in [0.1, 0.15) is 25.0 Å². The van der Waals surface area contributed by atoms with Crippen molar-refractivity contribution in [1.82, 2.24) is 16.0 Å². The molecule has 0 saturated carbocycles. The first-order valence-electron chi connectivity index (χ1n) is 10.8. The number of nitrogens with one attached hydrogen (secondary N) is 3. The van der Waals surface area contributed by atoms with Crippen molar-refractivity contribution in [2.75, 3.05) is 39.9 Å². The van der Waals surface area contributed by atoms with Gasteiger partial charge in [-0.25, -0.2) is 0 Å². The van der Waals surface area contributed by atoms with E-state index in [1.54, 1.807) is 7.05 Å². The number of carbonyl (C=O) groups excluding carboxylic acids is 1. The van der Waals surface area contributed by atoms with E-state index in [1.807, 2.05) is 50.2 Å². The van der Waals surface area contributed by atoms with Gasteiger partial charge in [-0.05, 0) is 49.9 Å². The van der Waals surface area contributed by atoms with Crippen molar-refractivity contribution in [3.8, 4) is 11.5 Å². The summed E-state index contributed by atoms with van der Waals surface area (Å²) in [4.78, 5) is 16.2. The topological polar surface area (TPSA) is 84.0 Å². The van der Waals surface area contributed by atoms with Crippen LogP contribution in [-0.2, 0) is 17.6 Å². The van der Waals surface area contributed by atoms with Gasteiger partial charge in [0.15, 0.2) is 17.5 Å². The summed E-state index contributed by atoms with van der Waals surface area (Å²) in [6, 6.07) is 16.1. The second kappa shape index (κ2) is 13.9. The molecule has 0 unspecified atom stereocenters. The van der Waals surface area contributed by atoms with Crippen LogP contribution in [0.25, 0.3) is 0 Å². The van der Waals surface area contributed by atoms with Gasteiger partial charge in [0.05, 0.1) is 19.8 Å². The normalized spacial score (nSPS) is 11.0. The summed E-state index contributed by atoms with van der Waals surface area (Å²) < 4.78 is 11.3. The van der Waals surface area contributed by atoms with E-state index in [9.17, 15) is 4.79 Å². The predicted octanol–water partition coefficient (Wildman–Crippen LogP) is 2.55. The quantitative estimate of drug-likeness (QED) is 0.359. The molecule has 3 N–H and O–H groups in total. The molecule has 0 aliphatic rings. The molecule has 1 amide bonds. The number of benzene rings is 2. The van der Waals surface area contributed by atoms with Gasteiger partial charge < -0.3 is 25.4 Å². The fourth-order valence-corrected chi connectivity index (χ4v) is 3.01. The van der Waals surface area contributed by atoms with Gasteiger partial charge in [-0.2, -0.15) is 0 Å². The molecular formula is C24H34N4O3. The number of carbonyl (C=O) groups is 1. The molecule has 0 aliphatic carbocycles. The van der Waals surface area contributed by atoms with Gasteiger partial charge in [0, 0.05) is 20.1 Å². The molecule has 0 fully saturated rings. The van der Waals surface area contributed by atoms with E-state index in [4.69, 9.17) is 9.47 Å². The molecule has 7 nitrogen and oxygen atoms in total. The van der Waals surface area contributed by atoms with Gasteiger partial charge in [-0.1, -0.05) is 36.4 Å². The van der Waals surface area contributed by atoms with Crippen LogP contribution in [0.3, 0.4) is 0 Å². The lowest BCUT2D eigenvalue weighted by atomic mass is 10.1. The van der Waals surface area contributed by atoms with E-state index in [2.05, 4.69) is 33.1 Å². The van der Waals surface area contributed by atoms with Gasteiger partial charge in [-0.15, -0.1) is 0 Å². The number of rotatable bonds is 12. The Morgan fingerprint density at radius 3 is 2.23 bits per heavy atom. The fourth-order valence-electron chi connectivity index (χ4n) is 3.01. The zero-order valence-corrected chi connectivity index (χ0v) is 18.7. The average Bonchev–Trinajstić information content (AvgIpc) is 2.78. The Kier molecular flexibility index (Phi) is 10.8. The lowest BCUT2D eigenvalue weighted by Gasteiger charge is -2.14. The Bertz CT molecular complexity index is 825. The van der Waals surface area contributed by atoms with Crippen molar-refractivity contribution in [1.29, 1.82) is 0 Å². The van der Waals surface area contributed by atoms with Crippen LogP contribution < -0.4 is 25.4 Å². The Morgan fingerprint density at radius 1 is 0.839 bits per heavy atom. The summed E-state index contributed by atoms with van der Waals surface area (Å²) in [7, 11) is 1.69. The Morgan fingerprint density at radius 2 is 1.52 bits per heavy atom. The summed E-state index contributed by atoms with van der Waals surface area (Å²) in [5.41, 5.74) is 2.34. The van der Waals surface area contributed by atoms with Crippen LogP contribution in [0.5, 0.6) is 11.5 Å². The van der Waals surface area contributed by atoms with Crippen molar-refractivity contribution in [3.63, 3.8) is 0 Å². The molecule has 0 spiro atoms. The third-order valence-electron chi connectivity index (χ3n) is 4.53. The molecule has 2 rings (SSSR count). The molecule has 168 valence electrons. The molecule has 0 aromatic heterocycles. The first kappa shape index (κ1) is 24.1.